The van der Waals surface area contributed by atoms with E-state index >= 15 is 0 Å². The third-order valence-corrected chi connectivity index (χ3v) is 6.78. The van der Waals surface area contributed by atoms with Crippen molar-refractivity contribution in [2.75, 3.05) is 0 Å². The molecule has 4 aromatic carbocycles. The summed E-state index contributed by atoms with van der Waals surface area (Å²) < 4.78 is 10.8. The molecular weight excluding hydrogens is 536 g/mol. The highest BCUT2D eigenvalue weighted by molar-refractivity contribution is 6.14. The van der Waals surface area contributed by atoms with Gasteiger partial charge in [-0.1, -0.05) is 84.9 Å². The molecule has 0 heterocycles. The number of Topliss-reactive ketones (excluding diaryl/α,β-unsaturated/α-hetero) is 1. The predicted octanol–water partition coefficient (Wildman–Crippen LogP) is 8.14. The summed E-state index contributed by atoms with van der Waals surface area (Å²) in [5.41, 5.74) is 5.02. The summed E-state index contributed by atoms with van der Waals surface area (Å²) in [6.07, 6.45) is 12.2. The SMILES string of the molecule is O=C(/C=C\c1ccccc1)Oc1ccc(/C=C2\CCC/C(=C\c3ccc(OC(=O)/C=C\c4ccccc4)cc3)C2=O)cc1. The summed E-state index contributed by atoms with van der Waals surface area (Å²) in [5, 5.41) is 0. The Balaban J connectivity index is 1.17. The van der Waals surface area contributed by atoms with Crippen LogP contribution in [-0.4, -0.2) is 17.7 Å². The van der Waals surface area contributed by atoms with E-state index in [1.54, 1.807) is 36.4 Å². The Morgan fingerprint density at radius 2 is 0.907 bits per heavy atom. The highest BCUT2D eigenvalue weighted by atomic mass is 16.5. The Hall–Kier alpha value is -5.55. The highest BCUT2D eigenvalue weighted by Gasteiger charge is 2.20. The third-order valence-electron chi connectivity index (χ3n) is 6.78. The molecule has 0 bridgehead atoms. The molecule has 5 heteroatoms. The van der Waals surface area contributed by atoms with Gasteiger partial charge in [0, 0.05) is 23.3 Å². The molecule has 1 fully saturated rings. The Morgan fingerprint density at radius 1 is 0.512 bits per heavy atom. The number of esters is 2. The van der Waals surface area contributed by atoms with Crippen LogP contribution in [0.25, 0.3) is 24.3 Å². The van der Waals surface area contributed by atoms with E-state index in [9.17, 15) is 14.4 Å². The van der Waals surface area contributed by atoms with Crippen molar-refractivity contribution < 1.29 is 23.9 Å². The third kappa shape index (κ3) is 8.72. The lowest BCUT2D eigenvalue weighted by Crippen LogP contribution is -2.12. The Labute approximate surface area is 251 Å². The minimum absolute atomic E-state index is 0.0226. The van der Waals surface area contributed by atoms with Gasteiger partial charge in [0.2, 0.25) is 0 Å². The van der Waals surface area contributed by atoms with Gasteiger partial charge in [0.25, 0.3) is 0 Å². The number of carbonyl (C=O) groups excluding carboxylic acids is 3. The first-order chi connectivity index (χ1) is 21.0. The molecular formula is C38H30O5. The fraction of sp³-hybridized carbons (Fsp3) is 0.0789. The van der Waals surface area contributed by atoms with Crippen molar-refractivity contribution in [3.05, 3.63) is 155 Å². The molecule has 0 aromatic heterocycles. The number of allylic oxidation sites excluding steroid dienone is 2. The molecule has 1 aliphatic carbocycles. The van der Waals surface area contributed by atoms with E-state index in [1.165, 1.54) is 12.2 Å². The summed E-state index contributed by atoms with van der Waals surface area (Å²) in [4.78, 5) is 37.6. The molecule has 0 radical (unpaired) electrons. The molecule has 43 heavy (non-hydrogen) atoms. The molecule has 0 saturated heterocycles. The van der Waals surface area contributed by atoms with Gasteiger partial charge in [-0.05, 0) is 90.1 Å². The molecule has 1 saturated carbocycles. The second-order valence-electron chi connectivity index (χ2n) is 9.99. The summed E-state index contributed by atoms with van der Waals surface area (Å²) in [7, 11) is 0. The lowest BCUT2D eigenvalue weighted by atomic mass is 9.87. The Bertz CT molecular complexity index is 1570. The van der Waals surface area contributed by atoms with Crippen LogP contribution in [0.2, 0.25) is 0 Å². The molecule has 0 spiro atoms. The van der Waals surface area contributed by atoms with Crippen LogP contribution in [0.4, 0.5) is 0 Å². The lowest BCUT2D eigenvalue weighted by molar-refractivity contribution is -0.129. The second kappa shape index (κ2) is 14.4. The molecule has 0 amide bonds. The zero-order valence-electron chi connectivity index (χ0n) is 23.5. The van der Waals surface area contributed by atoms with E-state index in [0.29, 0.717) is 24.3 Å². The first-order valence-electron chi connectivity index (χ1n) is 14.1. The highest BCUT2D eigenvalue weighted by Crippen LogP contribution is 2.29. The number of hydrogen-bond donors (Lipinski definition) is 0. The number of ether oxygens (including phenoxy) is 2. The van der Waals surface area contributed by atoms with Gasteiger partial charge < -0.3 is 9.47 Å². The van der Waals surface area contributed by atoms with Crippen LogP contribution in [-0.2, 0) is 14.4 Å². The topological polar surface area (TPSA) is 69.7 Å². The molecule has 0 aliphatic heterocycles. The van der Waals surface area contributed by atoms with Gasteiger partial charge in [-0.15, -0.1) is 0 Å². The molecule has 5 nitrogen and oxygen atoms in total. The maximum atomic E-state index is 13.2. The van der Waals surface area contributed by atoms with Crippen LogP contribution in [0.1, 0.15) is 41.5 Å². The van der Waals surface area contributed by atoms with Crippen molar-refractivity contribution in [3.8, 4) is 11.5 Å². The van der Waals surface area contributed by atoms with Crippen molar-refractivity contribution in [3.63, 3.8) is 0 Å². The number of rotatable bonds is 8. The van der Waals surface area contributed by atoms with Gasteiger partial charge in [0.15, 0.2) is 5.78 Å². The Morgan fingerprint density at radius 3 is 1.30 bits per heavy atom. The minimum Gasteiger partial charge on any atom is -0.423 e. The summed E-state index contributed by atoms with van der Waals surface area (Å²) in [6, 6.07) is 33.2. The van der Waals surface area contributed by atoms with Gasteiger partial charge in [-0.2, -0.15) is 0 Å². The molecule has 1 aliphatic rings. The van der Waals surface area contributed by atoms with E-state index in [0.717, 1.165) is 39.8 Å². The van der Waals surface area contributed by atoms with Gasteiger partial charge >= 0.3 is 11.9 Å². The molecule has 0 atom stereocenters. The van der Waals surface area contributed by atoms with Crippen molar-refractivity contribution >= 4 is 42.0 Å². The quantitative estimate of drug-likeness (QED) is 0.122. The zero-order chi connectivity index (χ0) is 29.9. The standard InChI is InChI=1S/C38H30O5/c39-36(24-18-28-8-3-1-4-9-28)42-34-20-14-30(15-21-34)26-32-12-7-13-33(38(32)41)27-31-16-22-35(23-17-31)43-37(40)25-19-29-10-5-2-6-11-29/h1-6,8-11,14-27H,7,12-13H2/b24-18-,25-19-,32-26+,33-27+. The van der Waals surface area contributed by atoms with Gasteiger partial charge in [0.1, 0.15) is 11.5 Å². The largest absolute Gasteiger partial charge is 0.423 e. The first-order valence-corrected chi connectivity index (χ1v) is 14.1. The predicted molar refractivity (Wildman–Crippen MR) is 170 cm³/mol. The van der Waals surface area contributed by atoms with Crippen LogP contribution in [0.3, 0.4) is 0 Å². The van der Waals surface area contributed by atoms with Crippen LogP contribution >= 0.6 is 0 Å². The second-order valence-corrected chi connectivity index (χ2v) is 9.99. The maximum absolute atomic E-state index is 13.2. The van der Waals surface area contributed by atoms with E-state index < -0.39 is 11.9 Å². The zero-order valence-corrected chi connectivity index (χ0v) is 23.5. The lowest BCUT2D eigenvalue weighted by Gasteiger charge is -2.16. The number of benzene rings is 4. The van der Waals surface area contributed by atoms with Crippen LogP contribution < -0.4 is 9.47 Å². The van der Waals surface area contributed by atoms with E-state index in [-0.39, 0.29) is 5.78 Å². The van der Waals surface area contributed by atoms with Gasteiger partial charge in [-0.3, -0.25) is 4.79 Å². The number of carbonyl (C=O) groups is 3. The number of ketones is 1. The smallest absolute Gasteiger partial charge is 0.336 e. The normalized spacial score (nSPS) is 15.3. The van der Waals surface area contributed by atoms with Crippen LogP contribution in [0.15, 0.2) is 132 Å². The average Bonchev–Trinajstić information content (AvgIpc) is 3.04. The maximum Gasteiger partial charge on any atom is 0.336 e. The summed E-state index contributed by atoms with van der Waals surface area (Å²) in [6.45, 7) is 0. The number of hydrogen-bond acceptors (Lipinski definition) is 5. The molecule has 0 N–H and O–H groups in total. The first kappa shape index (κ1) is 29.0. The fourth-order valence-corrected chi connectivity index (χ4v) is 4.60. The van der Waals surface area contributed by atoms with Crippen molar-refractivity contribution in [2.45, 2.75) is 19.3 Å². The monoisotopic (exact) mass is 566 g/mol. The van der Waals surface area contributed by atoms with E-state index in [4.69, 9.17) is 9.47 Å². The summed E-state index contributed by atoms with van der Waals surface area (Å²) >= 11 is 0. The average molecular weight is 567 g/mol. The molecule has 5 rings (SSSR count). The van der Waals surface area contributed by atoms with Crippen molar-refractivity contribution in [1.82, 2.24) is 0 Å². The molecule has 0 unspecified atom stereocenters. The fourth-order valence-electron chi connectivity index (χ4n) is 4.60. The Kier molecular flexibility index (Phi) is 9.68. The van der Waals surface area contributed by atoms with Crippen molar-refractivity contribution in [1.29, 1.82) is 0 Å². The summed E-state index contributed by atoms with van der Waals surface area (Å²) in [5.74, 6) is -0.0329. The van der Waals surface area contributed by atoms with Gasteiger partial charge in [-0.25, -0.2) is 9.59 Å². The van der Waals surface area contributed by atoms with Crippen LogP contribution in [0, 0.1) is 0 Å². The van der Waals surface area contributed by atoms with Gasteiger partial charge in [0.05, 0.1) is 0 Å². The van der Waals surface area contributed by atoms with E-state index in [2.05, 4.69) is 0 Å². The molecule has 4 aromatic rings. The van der Waals surface area contributed by atoms with Crippen LogP contribution in [0.5, 0.6) is 11.5 Å². The minimum atomic E-state index is -0.460. The molecule has 212 valence electrons. The van der Waals surface area contributed by atoms with E-state index in [1.807, 2.05) is 97.1 Å². The van der Waals surface area contributed by atoms with Crippen molar-refractivity contribution in [2.24, 2.45) is 0 Å².